The number of phenolic OH excluding ortho intramolecular Hbond substituents is 1. The van der Waals surface area contributed by atoms with E-state index < -0.39 is 34.7 Å². The lowest BCUT2D eigenvalue weighted by Crippen LogP contribution is -2.58. The van der Waals surface area contributed by atoms with Crippen molar-refractivity contribution in [2.24, 2.45) is 0 Å². The molecule has 43 heavy (non-hydrogen) atoms. The molecule has 4 N–H and O–H groups in total. The highest BCUT2D eigenvalue weighted by molar-refractivity contribution is 8.00. The van der Waals surface area contributed by atoms with E-state index in [1.165, 1.54) is 16.7 Å². The number of nitrogens with one attached hydrogen (secondary N) is 2. The standard InChI is InChI=1S/C33H39N3O6S/c1-20-14-15-25(21(2)27(20)37)30(39)35-26(17-22-10-7-6-8-11-22)28(38)32(41)36-19-43-33(3,4)29(36)31(40)34-18-23-12-9-13-24(16-23)42-5/h6-16,26,28-29,37-38H,17-19H2,1-5H3,(H,34,40)(H,35,39). The van der Waals surface area contributed by atoms with E-state index >= 15 is 0 Å². The van der Waals surface area contributed by atoms with E-state index in [-0.39, 0.29) is 36.1 Å². The summed E-state index contributed by atoms with van der Waals surface area (Å²) in [5.41, 5.74) is 2.94. The second-order valence-electron chi connectivity index (χ2n) is 11.3. The second kappa shape index (κ2) is 13.5. The molecule has 1 aliphatic rings. The maximum Gasteiger partial charge on any atom is 0.254 e. The smallest absolute Gasteiger partial charge is 0.254 e. The Morgan fingerprint density at radius 2 is 1.74 bits per heavy atom. The van der Waals surface area contributed by atoms with Gasteiger partial charge in [-0.1, -0.05) is 48.5 Å². The fraction of sp³-hybridized carbons (Fsp3) is 0.364. The molecule has 1 saturated heterocycles. The van der Waals surface area contributed by atoms with E-state index in [2.05, 4.69) is 10.6 Å². The Labute approximate surface area is 256 Å². The molecule has 0 spiro atoms. The number of aliphatic hydroxyl groups is 1. The number of amides is 3. The van der Waals surface area contributed by atoms with Gasteiger partial charge in [-0.3, -0.25) is 14.4 Å². The Balaban J connectivity index is 1.56. The Morgan fingerprint density at radius 3 is 2.44 bits per heavy atom. The molecule has 3 unspecified atom stereocenters. The van der Waals surface area contributed by atoms with Crippen LogP contribution in [-0.2, 0) is 22.6 Å². The number of methoxy groups -OCH3 is 1. The van der Waals surface area contributed by atoms with Gasteiger partial charge in [0.15, 0.2) is 6.10 Å². The van der Waals surface area contributed by atoms with Crippen LogP contribution < -0.4 is 15.4 Å². The number of nitrogens with zero attached hydrogens (tertiary/aromatic N) is 1. The predicted molar refractivity (Wildman–Crippen MR) is 167 cm³/mol. The zero-order valence-electron chi connectivity index (χ0n) is 25.1. The van der Waals surface area contributed by atoms with Gasteiger partial charge < -0.3 is 30.5 Å². The van der Waals surface area contributed by atoms with Crippen molar-refractivity contribution in [3.05, 3.63) is 94.5 Å². The molecule has 228 valence electrons. The van der Waals surface area contributed by atoms with Gasteiger partial charge in [0.1, 0.15) is 17.5 Å². The largest absolute Gasteiger partial charge is 0.507 e. The summed E-state index contributed by atoms with van der Waals surface area (Å²) in [7, 11) is 1.57. The highest BCUT2D eigenvalue weighted by Crippen LogP contribution is 2.40. The number of phenols is 1. The van der Waals surface area contributed by atoms with Crippen LogP contribution in [0.2, 0.25) is 0 Å². The molecular formula is C33H39N3O6S. The van der Waals surface area contributed by atoms with Gasteiger partial charge in [0.25, 0.3) is 11.8 Å². The Bertz CT molecular complexity index is 1480. The van der Waals surface area contributed by atoms with Crippen LogP contribution >= 0.6 is 11.8 Å². The number of hydrogen-bond donors (Lipinski definition) is 4. The summed E-state index contributed by atoms with van der Waals surface area (Å²) >= 11 is 1.45. The zero-order valence-corrected chi connectivity index (χ0v) is 25.9. The summed E-state index contributed by atoms with van der Waals surface area (Å²) in [5.74, 6) is -0.618. The first-order valence-corrected chi connectivity index (χ1v) is 15.1. The molecule has 0 radical (unpaired) electrons. The van der Waals surface area contributed by atoms with Gasteiger partial charge in [0.2, 0.25) is 5.91 Å². The van der Waals surface area contributed by atoms with Crippen molar-refractivity contribution < 1.29 is 29.3 Å². The number of benzene rings is 3. The normalized spacial score (nSPS) is 17.2. The number of rotatable bonds is 10. The number of aromatic hydroxyl groups is 1. The highest BCUT2D eigenvalue weighted by atomic mass is 32.2. The first-order chi connectivity index (χ1) is 20.4. The van der Waals surface area contributed by atoms with Gasteiger partial charge in [-0.05, 0) is 69.0 Å². The van der Waals surface area contributed by atoms with Crippen LogP contribution in [0.15, 0.2) is 66.7 Å². The fourth-order valence-corrected chi connectivity index (χ4v) is 6.40. The van der Waals surface area contributed by atoms with Crippen molar-refractivity contribution in [2.45, 2.75) is 63.6 Å². The molecule has 0 aliphatic carbocycles. The van der Waals surface area contributed by atoms with Crippen molar-refractivity contribution in [3.8, 4) is 11.5 Å². The fourth-order valence-electron chi connectivity index (χ4n) is 5.26. The summed E-state index contributed by atoms with van der Waals surface area (Å²) in [4.78, 5) is 42.2. The van der Waals surface area contributed by atoms with E-state index in [1.54, 1.807) is 33.1 Å². The maximum absolute atomic E-state index is 13.9. The number of ether oxygens (including phenoxy) is 1. The van der Waals surface area contributed by atoms with Crippen molar-refractivity contribution in [1.82, 2.24) is 15.5 Å². The topological polar surface area (TPSA) is 128 Å². The molecule has 4 rings (SSSR count). The number of carbonyl (C=O) groups is 3. The van der Waals surface area contributed by atoms with E-state index in [0.717, 1.165) is 11.1 Å². The lowest BCUT2D eigenvalue weighted by molar-refractivity contribution is -0.147. The van der Waals surface area contributed by atoms with E-state index in [9.17, 15) is 24.6 Å². The average Bonchev–Trinajstić information content (AvgIpc) is 3.32. The van der Waals surface area contributed by atoms with Gasteiger partial charge >= 0.3 is 0 Å². The van der Waals surface area contributed by atoms with Crippen molar-refractivity contribution in [3.63, 3.8) is 0 Å². The first kappa shape index (κ1) is 31.9. The lowest BCUT2D eigenvalue weighted by atomic mass is 9.96. The van der Waals surface area contributed by atoms with Crippen molar-refractivity contribution in [2.75, 3.05) is 13.0 Å². The number of hydrogen-bond acceptors (Lipinski definition) is 7. The van der Waals surface area contributed by atoms with Gasteiger partial charge in [-0.2, -0.15) is 0 Å². The quantitative estimate of drug-likeness (QED) is 0.277. The average molecular weight is 606 g/mol. The third-order valence-corrected chi connectivity index (χ3v) is 9.18. The third-order valence-electron chi connectivity index (χ3n) is 7.80. The van der Waals surface area contributed by atoms with Crippen LogP contribution in [0.4, 0.5) is 0 Å². The summed E-state index contributed by atoms with van der Waals surface area (Å²) < 4.78 is 4.65. The molecule has 3 aromatic rings. The molecule has 3 aromatic carbocycles. The first-order valence-electron chi connectivity index (χ1n) is 14.1. The summed E-state index contributed by atoms with van der Waals surface area (Å²) in [6.07, 6.45) is -1.46. The number of aryl methyl sites for hydroxylation is 1. The van der Waals surface area contributed by atoms with Crippen molar-refractivity contribution >= 4 is 29.5 Å². The maximum atomic E-state index is 13.9. The molecule has 0 saturated carbocycles. The van der Waals surface area contributed by atoms with E-state index in [0.29, 0.717) is 16.9 Å². The molecular weight excluding hydrogens is 566 g/mol. The van der Waals surface area contributed by atoms with Crippen LogP contribution in [0.3, 0.4) is 0 Å². The third kappa shape index (κ3) is 7.32. The Kier molecular flexibility index (Phi) is 10.0. The van der Waals surface area contributed by atoms with Crippen LogP contribution in [0.25, 0.3) is 0 Å². The SMILES string of the molecule is COc1cccc(CNC(=O)C2N(C(=O)C(O)C(Cc3ccccc3)NC(=O)c3ccc(C)c(O)c3C)CSC2(C)C)c1. The van der Waals surface area contributed by atoms with Crippen molar-refractivity contribution in [1.29, 1.82) is 0 Å². The number of carbonyl (C=O) groups excluding carboxylic acids is 3. The molecule has 1 heterocycles. The predicted octanol–water partition coefficient (Wildman–Crippen LogP) is 3.72. The zero-order chi connectivity index (χ0) is 31.3. The second-order valence-corrected chi connectivity index (χ2v) is 12.9. The number of aliphatic hydroxyl groups excluding tert-OH is 1. The monoisotopic (exact) mass is 605 g/mol. The van der Waals surface area contributed by atoms with Gasteiger partial charge in [0, 0.05) is 22.4 Å². The van der Waals surface area contributed by atoms with Crippen LogP contribution in [-0.4, -0.2) is 68.8 Å². The van der Waals surface area contributed by atoms with Gasteiger partial charge in [-0.25, -0.2) is 0 Å². The summed E-state index contributed by atoms with van der Waals surface area (Å²) in [6.45, 7) is 7.41. The molecule has 0 aromatic heterocycles. The Morgan fingerprint density at radius 1 is 1.05 bits per heavy atom. The number of thioether (sulfide) groups is 1. The lowest BCUT2D eigenvalue weighted by Gasteiger charge is -2.33. The molecule has 3 amide bonds. The highest BCUT2D eigenvalue weighted by Gasteiger charge is 2.49. The minimum Gasteiger partial charge on any atom is -0.507 e. The molecule has 3 atom stereocenters. The van der Waals surface area contributed by atoms with Crippen LogP contribution in [0.1, 0.15) is 46.5 Å². The van der Waals surface area contributed by atoms with Crippen LogP contribution in [0, 0.1) is 13.8 Å². The summed E-state index contributed by atoms with van der Waals surface area (Å²) in [5, 5.41) is 27.6. The van der Waals surface area contributed by atoms with E-state index in [4.69, 9.17) is 4.74 Å². The Hall–Kier alpha value is -4.02. The molecule has 10 heteroatoms. The van der Waals surface area contributed by atoms with E-state index in [1.807, 2.05) is 68.4 Å². The molecule has 1 fully saturated rings. The minimum absolute atomic E-state index is 0.0167. The van der Waals surface area contributed by atoms with Crippen LogP contribution in [0.5, 0.6) is 11.5 Å². The molecule has 1 aliphatic heterocycles. The minimum atomic E-state index is -1.63. The molecule has 9 nitrogen and oxygen atoms in total. The summed E-state index contributed by atoms with van der Waals surface area (Å²) in [6, 6.07) is 18.0. The van der Waals surface area contributed by atoms with Gasteiger partial charge in [0.05, 0.1) is 19.0 Å². The van der Waals surface area contributed by atoms with Gasteiger partial charge in [-0.15, -0.1) is 11.8 Å². The molecule has 0 bridgehead atoms.